The maximum absolute atomic E-state index is 13.5. The summed E-state index contributed by atoms with van der Waals surface area (Å²) in [6.45, 7) is 6.15. The van der Waals surface area contributed by atoms with Gasteiger partial charge in [-0.05, 0) is 43.9 Å². The number of carbonyl (C=O) groups is 1. The van der Waals surface area contributed by atoms with Crippen molar-refractivity contribution in [3.8, 4) is 0 Å². The summed E-state index contributed by atoms with van der Waals surface area (Å²) in [7, 11) is 0. The van der Waals surface area contributed by atoms with Crippen molar-refractivity contribution in [1.82, 2.24) is 5.32 Å². The van der Waals surface area contributed by atoms with E-state index in [-0.39, 0.29) is 17.1 Å². The summed E-state index contributed by atoms with van der Waals surface area (Å²) in [5.74, 6) is -0.358. The van der Waals surface area contributed by atoms with Crippen LogP contribution in [-0.4, -0.2) is 23.7 Å². The van der Waals surface area contributed by atoms with Gasteiger partial charge < -0.3 is 10.4 Å². The second-order valence-corrected chi connectivity index (χ2v) is 6.81. The molecule has 0 heterocycles. The summed E-state index contributed by atoms with van der Waals surface area (Å²) in [4.78, 5) is 12.7. The van der Waals surface area contributed by atoms with Crippen LogP contribution in [0.3, 0.4) is 0 Å². The van der Waals surface area contributed by atoms with Crippen LogP contribution in [0.1, 0.15) is 52.0 Å². The first kappa shape index (κ1) is 16.9. The molecule has 1 aromatic rings. The largest absolute Gasteiger partial charge is 0.393 e. The summed E-state index contributed by atoms with van der Waals surface area (Å²) < 4.78 is 13.5. The Morgan fingerprint density at radius 3 is 2.64 bits per heavy atom. The van der Waals surface area contributed by atoms with Gasteiger partial charge in [-0.1, -0.05) is 32.4 Å². The normalized spacial score (nSPS) is 20.6. The molecule has 0 aliphatic heterocycles. The molecule has 22 heavy (non-hydrogen) atoms. The van der Waals surface area contributed by atoms with E-state index < -0.39 is 11.5 Å². The number of carbonyl (C=O) groups excluding carboxylic acids is 1. The van der Waals surface area contributed by atoms with Gasteiger partial charge in [0.15, 0.2) is 0 Å². The van der Waals surface area contributed by atoms with Crippen molar-refractivity contribution in [1.29, 1.82) is 0 Å². The molecule has 0 unspecified atom stereocenters. The molecule has 1 aromatic carbocycles. The zero-order valence-electron chi connectivity index (χ0n) is 13.7. The Kier molecular flexibility index (Phi) is 4.90. The zero-order chi connectivity index (χ0) is 16.4. The summed E-state index contributed by atoms with van der Waals surface area (Å²) >= 11 is 0. The van der Waals surface area contributed by atoms with Gasteiger partial charge in [-0.25, -0.2) is 4.39 Å². The molecule has 1 saturated carbocycles. The molecule has 2 atom stereocenters. The fourth-order valence-corrected chi connectivity index (χ4v) is 2.98. The molecule has 0 saturated heterocycles. The predicted octanol–water partition coefficient (Wildman–Crippen LogP) is 3.16. The van der Waals surface area contributed by atoms with Crippen molar-refractivity contribution in [2.24, 2.45) is 5.41 Å². The fraction of sp³-hybridized carbons (Fsp3) is 0.611. The Balaban J connectivity index is 2.13. The highest BCUT2D eigenvalue weighted by molar-refractivity contribution is 5.89. The third kappa shape index (κ3) is 3.02. The van der Waals surface area contributed by atoms with Crippen LogP contribution >= 0.6 is 0 Å². The molecule has 1 aliphatic carbocycles. The number of nitrogens with one attached hydrogen (secondary N) is 1. The number of benzene rings is 1. The molecule has 3 nitrogen and oxygen atoms in total. The number of hydrogen-bond donors (Lipinski definition) is 2. The zero-order valence-corrected chi connectivity index (χ0v) is 13.7. The van der Waals surface area contributed by atoms with E-state index in [0.29, 0.717) is 6.54 Å². The van der Waals surface area contributed by atoms with Crippen molar-refractivity contribution in [3.05, 3.63) is 35.6 Å². The second kappa shape index (κ2) is 6.37. The topological polar surface area (TPSA) is 49.3 Å². The summed E-state index contributed by atoms with van der Waals surface area (Å²) in [6.07, 6.45) is 2.76. The van der Waals surface area contributed by atoms with E-state index in [0.717, 1.165) is 31.2 Å². The number of amides is 1. The van der Waals surface area contributed by atoms with Gasteiger partial charge in [0, 0.05) is 12.0 Å². The lowest BCUT2D eigenvalue weighted by Crippen LogP contribution is -2.52. The number of hydrogen-bond acceptors (Lipinski definition) is 2. The molecule has 122 valence electrons. The van der Waals surface area contributed by atoms with Crippen LogP contribution in [0, 0.1) is 11.2 Å². The van der Waals surface area contributed by atoms with Gasteiger partial charge in [0.2, 0.25) is 5.91 Å². The van der Waals surface area contributed by atoms with E-state index >= 15 is 0 Å². The van der Waals surface area contributed by atoms with Crippen LogP contribution in [-0.2, 0) is 10.2 Å². The molecule has 0 radical (unpaired) electrons. The Morgan fingerprint density at radius 2 is 2.18 bits per heavy atom. The van der Waals surface area contributed by atoms with Gasteiger partial charge >= 0.3 is 0 Å². The lowest BCUT2D eigenvalue weighted by molar-refractivity contribution is -0.130. The molecular weight excluding hydrogens is 281 g/mol. The van der Waals surface area contributed by atoms with E-state index in [2.05, 4.69) is 5.32 Å². The van der Waals surface area contributed by atoms with E-state index in [1.165, 1.54) is 12.1 Å². The van der Waals surface area contributed by atoms with Crippen molar-refractivity contribution in [3.63, 3.8) is 0 Å². The van der Waals surface area contributed by atoms with Crippen molar-refractivity contribution < 1.29 is 14.3 Å². The average Bonchev–Trinajstić information content (AvgIpc) is 2.43. The first-order chi connectivity index (χ1) is 10.3. The lowest BCUT2D eigenvalue weighted by atomic mass is 9.63. The molecule has 2 rings (SSSR count). The Hall–Kier alpha value is -1.42. The molecule has 0 spiro atoms. The quantitative estimate of drug-likeness (QED) is 0.848. The van der Waals surface area contributed by atoms with Crippen LogP contribution in [0.4, 0.5) is 4.39 Å². The lowest BCUT2D eigenvalue weighted by Gasteiger charge is -2.42. The highest BCUT2D eigenvalue weighted by Gasteiger charge is 2.46. The van der Waals surface area contributed by atoms with Gasteiger partial charge in [-0.2, -0.15) is 0 Å². The van der Waals surface area contributed by atoms with Crippen LogP contribution < -0.4 is 5.32 Å². The Labute approximate surface area is 131 Å². The van der Waals surface area contributed by atoms with Crippen LogP contribution in [0.15, 0.2) is 24.3 Å². The van der Waals surface area contributed by atoms with E-state index in [1.807, 2.05) is 19.9 Å². The SMILES string of the molecule is CC[C@@](C)(CNC(=O)C1(c2cccc(F)c2)CCC1)[C@@H](C)O. The smallest absolute Gasteiger partial charge is 0.230 e. The maximum atomic E-state index is 13.5. The van der Waals surface area contributed by atoms with Gasteiger partial charge in [0.1, 0.15) is 5.82 Å². The van der Waals surface area contributed by atoms with Crippen LogP contribution in [0.2, 0.25) is 0 Å². The Morgan fingerprint density at radius 1 is 1.50 bits per heavy atom. The standard InChI is InChI=1S/C18H26FNO2/c1-4-17(3,13(2)21)12-20-16(22)18(9-6-10-18)14-7-5-8-15(19)11-14/h5,7-8,11,13,21H,4,6,9-10,12H2,1-3H3,(H,20,22)/t13-,17+/m1/s1. The summed E-state index contributed by atoms with van der Waals surface area (Å²) in [6, 6.07) is 6.35. The van der Waals surface area contributed by atoms with Gasteiger partial charge in [-0.15, -0.1) is 0 Å². The van der Waals surface area contributed by atoms with Crippen molar-refractivity contribution >= 4 is 5.91 Å². The summed E-state index contributed by atoms with van der Waals surface area (Å²) in [5, 5.41) is 12.9. The van der Waals surface area contributed by atoms with Crippen LogP contribution in [0.25, 0.3) is 0 Å². The van der Waals surface area contributed by atoms with Crippen molar-refractivity contribution in [2.45, 2.75) is 58.0 Å². The van der Waals surface area contributed by atoms with E-state index in [4.69, 9.17) is 0 Å². The molecule has 0 bridgehead atoms. The third-order valence-corrected chi connectivity index (χ3v) is 5.49. The highest BCUT2D eigenvalue weighted by atomic mass is 19.1. The monoisotopic (exact) mass is 307 g/mol. The molecule has 1 aliphatic rings. The van der Waals surface area contributed by atoms with Gasteiger partial charge in [0.05, 0.1) is 11.5 Å². The number of aliphatic hydroxyl groups excluding tert-OH is 1. The number of halogens is 1. The summed E-state index contributed by atoms with van der Waals surface area (Å²) in [5.41, 5.74) is -0.190. The minimum Gasteiger partial charge on any atom is -0.393 e. The maximum Gasteiger partial charge on any atom is 0.230 e. The van der Waals surface area contributed by atoms with E-state index in [9.17, 15) is 14.3 Å². The number of rotatable bonds is 6. The molecule has 2 N–H and O–H groups in total. The third-order valence-electron chi connectivity index (χ3n) is 5.49. The molecular formula is C18H26FNO2. The average molecular weight is 307 g/mol. The van der Waals surface area contributed by atoms with Crippen LogP contribution in [0.5, 0.6) is 0 Å². The van der Waals surface area contributed by atoms with E-state index in [1.54, 1.807) is 13.0 Å². The first-order valence-electron chi connectivity index (χ1n) is 8.06. The molecule has 1 amide bonds. The number of aliphatic hydroxyl groups is 1. The second-order valence-electron chi connectivity index (χ2n) is 6.81. The first-order valence-corrected chi connectivity index (χ1v) is 8.06. The molecule has 0 aromatic heterocycles. The highest BCUT2D eigenvalue weighted by Crippen LogP contribution is 2.44. The molecule has 4 heteroatoms. The van der Waals surface area contributed by atoms with Gasteiger partial charge in [0.25, 0.3) is 0 Å². The predicted molar refractivity (Wildman–Crippen MR) is 85.0 cm³/mol. The van der Waals surface area contributed by atoms with Crippen molar-refractivity contribution in [2.75, 3.05) is 6.54 Å². The molecule has 1 fully saturated rings. The Bertz CT molecular complexity index is 540. The van der Waals surface area contributed by atoms with Gasteiger partial charge in [-0.3, -0.25) is 4.79 Å². The minimum atomic E-state index is -0.602. The minimum absolute atomic E-state index is 0.0512. The fourth-order valence-electron chi connectivity index (χ4n) is 2.98.